The minimum Gasteiger partial charge on any atom is -0.497 e. The van der Waals surface area contributed by atoms with Crippen LogP contribution in [0.1, 0.15) is 5.69 Å². The van der Waals surface area contributed by atoms with Gasteiger partial charge in [-0.2, -0.15) is 0 Å². The summed E-state index contributed by atoms with van der Waals surface area (Å²) in [6.07, 6.45) is 0. The summed E-state index contributed by atoms with van der Waals surface area (Å²) in [6.45, 7) is 1.67. The summed E-state index contributed by atoms with van der Waals surface area (Å²) in [5.41, 5.74) is 1.13. The van der Waals surface area contributed by atoms with Gasteiger partial charge in [-0.05, 0) is 55.5 Å². The number of sulfone groups is 1. The third-order valence-corrected chi connectivity index (χ3v) is 5.57. The molecule has 8 heteroatoms. The van der Waals surface area contributed by atoms with Crippen LogP contribution in [-0.2, 0) is 9.84 Å². The predicted molar refractivity (Wildman–Crippen MR) is 91.1 cm³/mol. The molecule has 7 nitrogen and oxygen atoms in total. The van der Waals surface area contributed by atoms with E-state index < -0.39 is 9.84 Å². The summed E-state index contributed by atoms with van der Waals surface area (Å²) >= 11 is 0. The van der Waals surface area contributed by atoms with Gasteiger partial charge in [-0.3, -0.25) is 0 Å². The van der Waals surface area contributed by atoms with Gasteiger partial charge in [0, 0.05) is 0 Å². The van der Waals surface area contributed by atoms with Crippen LogP contribution in [0.4, 0.5) is 0 Å². The smallest absolute Gasteiger partial charge is 0.227 e. The molecule has 0 spiro atoms. The molecule has 0 amide bonds. The van der Waals surface area contributed by atoms with Crippen molar-refractivity contribution in [2.24, 2.45) is 0 Å². The second kappa shape index (κ2) is 6.56. The largest absolute Gasteiger partial charge is 0.497 e. The van der Waals surface area contributed by atoms with Gasteiger partial charge in [0.2, 0.25) is 14.9 Å². The zero-order chi connectivity index (χ0) is 18.0. The SMILES string of the molecule is COc1ccc(-n2nnc(S(=O)(=O)c3ccc(OC)cc3)c2C)cc1. The lowest BCUT2D eigenvalue weighted by atomic mass is 10.3. The van der Waals surface area contributed by atoms with E-state index in [9.17, 15) is 8.42 Å². The monoisotopic (exact) mass is 359 g/mol. The van der Waals surface area contributed by atoms with E-state index >= 15 is 0 Å². The van der Waals surface area contributed by atoms with E-state index in [4.69, 9.17) is 9.47 Å². The molecular formula is C17H17N3O4S. The minimum atomic E-state index is -3.77. The van der Waals surface area contributed by atoms with Crippen molar-refractivity contribution in [2.45, 2.75) is 16.8 Å². The molecule has 0 aliphatic carbocycles. The summed E-state index contributed by atoms with van der Waals surface area (Å²) < 4.78 is 37.3. The lowest BCUT2D eigenvalue weighted by Crippen LogP contribution is -2.05. The molecule has 0 saturated carbocycles. The van der Waals surface area contributed by atoms with E-state index in [1.54, 1.807) is 50.4 Å². The standard InChI is InChI=1S/C17H17N3O4S/c1-12-17(25(21,22)16-10-8-15(24-3)9-11-16)18-19-20(12)13-4-6-14(23-2)7-5-13/h4-11H,1-3H3. The zero-order valence-corrected chi connectivity index (χ0v) is 14.8. The Hall–Kier alpha value is -2.87. The van der Waals surface area contributed by atoms with E-state index in [1.165, 1.54) is 23.9 Å². The summed E-state index contributed by atoms with van der Waals surface area (Å²) in [6, 6.07) is 13.3. The summed E-state index contributed by atoms with van der Waals surface area (Å²) in [5, 5.41) is 7.80. The van der Waals surface area contributed by atoms with Crippen LogP contribution in [0.5, 0.6) is 11.5 Å². The summed E-state index contributed by atoms with van der Waals surface area (Å²) in [4.78, 5) is 0.137. The number of hydrogen-bond acceptors (Lipinski definition) is 6. The lowest BCUT2D eigenvalue weighted by Gasteiger charge is -2.06. The average molecular weight is 359 g/mol. The summed E-state index contributed by atoms with van der Waals surface area (Å²) in [7, 11) is -0.669. The number of hydrogen-bond donors (Lipinski definition) is 0. The maximum atomic E-state index is 12.8. The first-order valence-electron chi connectivity index (χ1n) is 7.43. The molecule has 0 aliphatic heterocycles. The van der Waals surface area contributed by atoms with Crippen LogP contribution in [0.15, 0.2) is 58.5 Å². The Morgan fingerprint density at radius 1 is 0.880 bits per heavy atom. The molecule has 0 radical (unpaired) electrons. The van der Waals surface area contributed by atoms with Crippen LogP contribution in [0, 0.1) is 6.92 Å². The van der Waals surface area contributed by atoms with E-state index in [0.717, 1.165) is 0 Å². The molecule has 1 aromatic heterocycles. The van der Waals surface area contributed by atoms with E-state index in [2.05, 4.69) is 10.3 Å². The third-order valence-electron chi connectivity index (χ3n) is 3.79. The lowest BCUT2D eigenvalue weighted by molar-refractivity contribution is 0.414. The number of rotatable bonds is 5. The molecule has 3 rings (SSSR count). The van der Waals surface area contributed by atoms with Gasteiger partial charge in [-0.1, -0.05) is 5.21 Å². The van der Waals surface area contributed by atoms with Crippen LogP contribution in [0.3, 0.4) is 0 Å². The Morgan fingerprint density at radius 2 is 1.40 bits per heavy atom. The van der Waals surface area contributed by atoms with Crippen molar-refractivity contribution in [3.63, 3.8) is 0 Å². The molecule has 0 atom stereocenters. The molecular weight excluding hydrogens is 342 g/mol. The van der Waals surface area contributed by atoms with Crippen LogP contribution >= 0.6 is 0 Å². The molecule has 0 bridgehead atoms. The Morgan fingerprint density at radius 3 is 1.92 bits per heavy atom. The van der Waals surface area contributed by atoms with Gasteiger partial charge in [0.25, 0.3) is 0 Å². The van der Waals surface area contributed by atoms with Crippen molar-refractivity contribution in [3.05, 3.63) is 54.2 Å². The second-order valence-electron chi connectivity index (χ2n) is 5.27. The van der Waals surface area contributed by atoms with Crippen molar-refractivity contribution in [3.8, 4) is 17.2 Å². The van der Waals surface area contributed by atoms with E-state index in [1.807, 2.05) is 0 Å². The van der Waals surface area contributed by atoms with Gasteiger partial charge in [-0.15, -0.1) is 5.10 Å². The quantitative estimate of drug-likeness (QED) is 0.696. The number of methoxy groups -OCH3 is 2. The fraction of sp³-hybridized carbons (Fsp3) is 0.176. The molecule has 1 heterocycles. The normalized spacial score (nSPS) is 11.3. The van der Waals surface area contributed by atoms with Crippen molar-refractivity contribution in [1.29, 1.82) is 0 Å². The van der Waals surface area contributed by atoms with Gasteiger partial charge < -0.3 is 9.47 Å². The van der Waals surface area contributed by atoms with Crippen molar-refractivity contribution in [2.75, 3.05) is 14.2 Å². The van der Waals surface area contributed by atoms with Gasteiger partial charge in [0.05, 0.1) is 30.5 Å². The van der Waals surface area contributed by atoms with Crippen LogP contribution < -0.4 is 9.47 Å². The molecule has 25 heavy (non-hydrogen) atoms. The highest BCUT2D eigenvalue weighted by Gasteiger charge is 2.25. The third kappa shape index (κ3) is 3.08. The number of ether oxygens (including phenoxy) is 2. The molecule has 0 N–H and O–H groups in total. The Balaban J connectivity index is 2.01. The fourth-order valence-electron chi connectivity index (χ4n) is 2.40. The molecule has 130 valence electrons. The van der Waals surface area contributed by atoms with E-state index in [-0.39, 0.29) is 9.92 Å². The Kier molecular flexibility index (Phi) is 4.45. The maximum Gasteiger partial charge on any atom is 0.227 e. The molecule has 3 aromatic rings. The second-order valence-corrected chi connectivity index (χ2v) is 7.13. The zero-order valence-electron chi connectivity index (χ0n) is 14.0. The predicted octanol–water partition coefficient (Wildman–Crippen LogP) is 2.43. The van der Waals surface area contributed by atoms with Crippen molar-refractivity contribution < 1.29 is 17.9 Å². The first-order chi connectivity index (χ1) is 12.0. The van der Waals surface area contributed by atoms with E-state index in [0.29, 0.717) is 22.9 Å². The van der Waals surface area contributed by atoms with Gasteiger partial charge in [-0.25, -0.2) is 13.1 Å². The minimum absolute atomic E-state index is 0.0755. The molecule has 0 unspecified atom stereocenters. The van der Waals surface area contributed by atoms with Crippen LogP contribution in [0.25, 0.3) is 5.69 Å². The van der Waals surface area contributed by atoms with Gasteiger partial charge in [0.15, 0.2) is 0 Å². The van der Waals surface area contributed by atoms with Crippen molar-refractivity contribution >= 4 is 9.84 Å². The number of nitrogens with zero attached hydrogens (tertiary/aromatic N) is 3. The first-order valence-corrected chi connectivity index (χ1v) is 8.91. The molecule has 0 fully saturated rings. The van der Waals surface area contributed by atoms with Crippen LogP contribution in [0.2, 0.25) is 0 Å². The Labute approximate surface area is 145 Å². The van der Waals surface area contributed by atoms with Crippen molar-refractivity contribution in [1.82, 2.24) is 15.0 Å². The maximum absolute atomic E-state index is 12.8. The average Bonchev–Trinajstić information content (AvgIpc) is 3.04. The topological polar surface area (TPSA) is 83.3 Å². The van der Waals surface area contributed by atoms with Gasteiger partial charge in [0.1, 0.15) is 11.5 Å². The molecule has 0 saturated heterocycles. The Bertz CT molecular complexity index is 978. The summed E-state index contributed by atoms with van der Waals surface area (Å²) in [5.74, 6) is 1.28. The van der Waals surface area contributed by atoms with Crippen LogP contribution in [-0.4, -0.2) is 37.6 Å². The molecule has 0 aliphatic rings. The molecule has 2 aromatic carbocycles. The highest BCUT2D eigenvalue weighted by Crippen LogP contribution is 2.25. The first kappa shape index (κ1) is 17.0. The number of aromatic nitrogens is 3. The fourth-order valence-corrected chi connectivity index (χ4v) is 3.74. The highest BCUT2D eigenvalue weighted by atomic mass is 32.2. The van der Waals surface area contributed by atoms with Gasteiger partial charge >= 0.3 is 0 Å². The highest BCUT2D eigenvalue weighted by molar-refractivity contribution is 7.91. The number of benzene rings is 2.